The smallest absolute Gasteiger partial charge is 0.258 e. The summed E-state index contributed by atoms with van der Waals surface area (Å²) in [4.78, 5) is 23.2. The molecule has 0 unspecified atom stereocenters. The molecule has 0 bridgehead atoms. The van der Waals surface area contributed by atoms with Gasteiger partial charge in [0.25, 0.3) is 5.91 Å². The van der Waals surface area contributed by atoms with Crippen LogP contribution in [0.4, 0.5) is 0 Å². The second-order valence-corrected chi connectivity index (χ2v) is 3.68. The van der Waals surface area contributed by atoms with Gasteiger partial charge in [-0.05, 0) is 12.1 Å². The van der Waals surface area contributed by atoms with Crippen molar-refractivity contribution < 1.29 is 9.59 Å². The predicted octanol–water partition coefficient (Wildman–Crippen LogP) is 1.05. The molecule has 1 aromatic rings. The molecular weight excluding hydrogens is 186 g/mol. The van der Waals surface area contributed by atoms with Crippen LogP contribution in [0.1, 0.15) is 10.4 Å². The van der Waals surface area contributed by atoms with Gasteiger partial charge in [0.05, 0.1) is 11.3 Å². The lowest BCUT2D eigenvalue weighted by Gasteiger charge is -2.00. The Labute approximate surface area is 79.5 Å². The number of imide groups is 1. The average Bonchev–Trinajstić information content (AvgIpc) is 2.27. The van der Waals surface area contributed by atoms with E-state index in [4.69, 9.17) is 0 Å². The molecule has 1 aromatic carbocycles. The highest BCUT2D eigenvalue weighted by atomic mass is 32.2. The van der Waals surface area contributed by atoms with Crippen molar-refractivity contribution in [1.82, 2.24) is 5.32 Å². The number of benzene rings is 1. The van der Waals surface area contributed by atoms with Crippen molar-refractivity contribution >= 4 is 23.6 Å². The van der Waals surface area contributed by atoms with Crippen LogP contribution in [0.3, 0.4) is 0 Å². The maximum atomic E-state index is 11.4. The van der Waals surface area contributed by atoms with Gasteiger partial charge in [-0.2, -0.15) is 0 Å². The number of thioether (sulfide) groups is 1. The molecule has 66 valence electrons. The third-order valence-electron chi connectivity index (χ3n) is 1.74. The number of fused-ring (bicyclic) bond motifs is 1. The molecule has 3 nitrogen and oxygen atoms in total. The van der Waals surface area contributed by atoms with Crippen LogP contribution in [0.15, 0.2) is 29.2 Å². The van der Waals surface area contributed by atoms with E-state index in [0.29, 0.717) is 11.3 Å². The van der Waals surface area contributed by atoms with Crippen molar-refractivity contribution in [3.8, 4) is 0 Å². The third kappa shape index (κ3) is 1.58. The van der Waals surface area contributed by atoms with E-state index in [1.165, 1.54) is 11.8 Å². The highest BCUT2D eigenvalue weighted by Gasteiger charge is 2.18. The van der Waals surface area contributed by atoms with Crippen molar-refractivity contribution in [1.29, 1.82) is 0 Å². The van der Waals surface area contributed by atoms with Crippen LogP contribution >= 0.6 is 11.8 Å². The Hall–Kier alpha value is -1.29. The van der Waals surface area contributed by atoms with Crippen molar-refractivity contribution in [2.75, 3.05) is 5.75 Å². The van der Waals surface area contributed by atoms with Gasteiger partial charge in [0, 0.05) is 4.90 Å². The van der Waals surface area contributed by atoms with Gasteiger partial charge in [0.15, 0.2) is 0 Å². The van der Waals surface area contributed by atoms with Crippen LogP contribution in [-0.2, 0) is 4.79 Å². The first kappa shape index (κ1) is 8.31. The molecule has 0 aromatic heterocycles. The Morgan fingerprint density at radius 3 is 2.85 bits per heavy atom. The van der Waals surface area contributed by atoms with Gasteiger partial charge in [-0.3, -0.25) is 14.9 Å². The molecule has 0 saturated carbocycles. The van der Waals surface area contributed by atoms with E-state index in [-0.39, 0.29) is 11.8 Å². The van der Waals surface area contributed by atoms with Crippen LogP contribution in [-0.4, -0.2) is 17.6 Å². The largest absolute Gasteiger partial charge is 0.292 e. The molecule has 1 aliphatic rings. The Kier molecular flexibility index (Phi) is 2.06. The summed E-state index contributed by atoms with van der Waals surface area (Å²) in [5.41, 5.74) is 0.582. The molecule has 0 atom stereocenters. The maximum absolute atomic E-state index is 11.4. The first-order chi connectivity index (χ1) is 6.27. The van der Waals surface area contributed by atoms with E-state index in [1.807, 2.05) is 12.1 Å². The van der Waals surface area contributed by atoms with Crippen LogP contribution < -0.4 is 5.32 Å². The number of rotatable bonds is 0. The zero-order valence-electron chi connectivity index (χ0n) is 6.74. The Morgan fingerprint density at radius 2 is 2.00 bits per heavy atom. The van der Waals surface area contributed by atoms with Crippen molar-refractivity contribution in [2.45, 2.75) is 4.90 Å². The summed E-state index contributed by atoms with van der Waals surface area (Å²) in [6.07, 6.45) is 0. The summed E-state index contributed by atoms with van der Waals surface area (Å²) in [5, 5.41) is 2.30. The molecule has 1 heterocycles. The van der Waals surface area contributed by atoms with E-state index in [1.54, 1.807) is 12.1 Å². The molecule has 0 spiro atoms. The molecular formula is C9H7NO2S. The summed E-state index contributed by atoms with van der Waals surface area (Å²) in [7, 11) is 0. The van der Waals surface area contributed by atoms with E-state index in [9.17, 15) is 9.59 Å². The van der Waals surface area contributed by atoms with Gasteiger partial charge in [0.2, 0.25) is 5.91 Å². The molecule has 13 heavy (non-hydrogen) atoms. The van der Waals surface area contributed by atoms with Crippen molar-refractivity contribution in [3.63, 3.8) is 0 Å². The maximum Gasteiger partial charge on any atom is 0.258 e. The summed E-state index contributed by atoms with van der Waals surface area (Å²) in [5.74, 6) is -0.222. The van der Waals surface area contributed by atoms with E-state index >= 15 is 0 Å². The van der Waals surface area contributed by atoms with Crippen molar-refractivity contribution in [2.24, 2.45) is 0 Å². The van der Waals surface area contributed by atoms with Gasteiger partial charge < -0.3 is 0 Å². The molecule has 1 aliphatic heterocycles. The van der Waals surface area contributed by atoms with Gasteiger partial charge in [0.1, 0.15) is 0 Å². The normalized spacial score (nSPS) is 16.0. The number of carbonyl (C=O) groups is 2. The first-order valence-electron chi connectivity index (χ1n) is 3.83. The van der Waals surface area contributed by atoms with E-state index in [0.717, 1.165) is 4.90 Å². The zero-order valence-corrected chi connectivity index (χ0v) is 7.56. The summed E-state index contributed by atoms with van der Waals surface area (Å²) >= 11 is 1.39. The lowest BCUT2D eigenvalue weighted by Crippen LogP contribution is -2.29. The minimum atomic E-state index is -0.300. The number of hydrogen-bond donors (Lipinski definition) is 1. The number of hydrogen-bond acceptors (Lipinski definition) is 3. The number of nitrogens with one attached hydrogen (secondary N) is 1. The van der Waals surface area contributed by atoms with Crippen LogP contribution in [0.25, 0.3) is 0 Å². The molecule has 0 fully saturated rings. The Bertz CT molecular complexity index is 376. The van der Waals surface area contributed by atoms with Crippen LogP contribution in [0, 0.1) is 0 Å². The Balaban J connectivity index is 2.46. The molecule has 0 radical (unpaired) electrons. The SMILES string of the molecule is O=C1CSc2ccccc2C(=O)N1. The molecule has 0 aliphatic carbocycles. The topological polar surface area (TPSA) is 46.2 Å². The number of carbonyl (C=O) groups excluding carboxylic acids is 2. The highest BCUT2D eigenvalue weighted by Crippen LogP contribution is 2.24. The fourth-order valence-corrected chi connectivity index (χ4v) is 2.00. The minimum Gasteiger partial charge on any atom is -0.292 e. The Morgan fingerprint density at radius 1 is 1.23 bits per heavy atom. The van der Waals surface area contributed by atoms with Crippen LogP contribution in [0.2, 0.25) is 0 Å². The molecule has 1 N–H and O–H groups in total. The lowest BCUT2D eigenvalue weighted by molar-refractivity contribution is -0.117. The second-order valence-electron chi connectivity index (χ2n) is 2.66. The number of amides is 2. The van der Waals surface area contributed by atoms with Gasteiger partial charge in [-0.15, -0.1) is 11.8 Å². The first-order valence-corrected chi connectivity index (χ1v) is 4.82. The quantitative estimate of drug-likeness (QED) is 0.626. The fourth-order valence-electron chi connectivity index (χ4n) is 1.15. The van der Waals surface area contributed by atoms with Crippen LogP contribution in [0.5, 0.6) is 0 Å². The average molecular weight is 193 g/mol. The molecule has 4 heteroatoms. The monoisotopic (exact) mass is 193 g/mol. The second kappa shape index (κ2) is 3.22. The standard InChI is InChI=1S/C9H7NO2S/c11-8-5-13-7-4-2-1-3-6(7)9(12)10-8/h1-4H,5H2,(H,10,11,12). The predicted molar refractivity (Wildman–Crippen MR) is 49.6 cm³/mol. The molecule has 0 saturated heterocycles. The van der Waals surface area contributed by atoms with E-state index < -0.39 is 0 Å². The highest BCUT2D eigenvalue weighted by molar-refractivity contribution is 8.00. The van der Waals surface area contributed by atoms with Gasteiger partial charge >= 0.3 is 0 Å². The zero-order chi connectivity index (χ0) is 9.26. The third-order valence-corrected chi connectivity index (χ3v) is 2.82. The van der Waals surface area contributed by atoms with Crippen molar-refractivity contribution in [3.05, 3.63) is 29.8 Å². The summed E-state index contributed by atoms with van der Waals surface area (Å²) in [6.45, 7) is 0. The minimum absolute atomic E-state index is 0.230. The molecule has 2 rings (SSSR count). The van der Waals surface area contributed by atoms with Gasteiger partial charge in [-0.25, -0.2) is 0 Å². The lowest BCUT2D eigenvalue weighted by atomic mass is 10.2. The summed E-state index contributed by atoms with van der Waals surface area (Å²) in [6, 6.07) is 7.21. The van der Waals surface area contributed by atoms with E-state index in [2.05, 4.69) is 5.32 Å². The fraction of sp³-hybridized carbons (Fsp3) is 0.111. The molecule has 2 amide bonds. The van der Waals surface area contributed by atoms with Gasteiger partial charge in [-0.1, -0.05) is 12.1 Å². The summed E-state index contributed by atoms with van der Waals surface area (Å²) < 4.78 is 0.